The first-order valence-corrected chi connectivity index (χ1v) is 6.51. The lowest BCUT2D eigenvalue weighted by atomic mass is 9.86. The molecule has 1 unspecified atom stereocenters. The average molecular weight is 241 g/mol. The van der Waals surface area contributed by atoms with Gasteiger partial charge in [0.1, 0.15) is 5.75 Å². The third-order valence-electron chi connectivity index (χ3n) is 4.30. The van der Waals surface area contributed by atoms with Crippen LogP contribution in [0.3, 0.4) is 0 Å². The van der Waals surface area contributed by atoms with Crippen molar-refractivity contribution in [2.24, 2.45) is 5.73 Å². The zero-order valence-electron chi connectivity index (χ0n) is 10.9. The largest absolute Gasteiger partial charge is 0.496 e. The molecule has 0 amide bonds. The van der Waals surface area contributed by atoms with E-state index in [9.17, 15) is 0 Å². The Bertz CT molecular complexity index is 585. The predicted octanol–water partition coefficient (Wildman–Crippen LogP) is 3.23. The lowest BCUT2D eigenvalue weighted by molar-refractivity contribution is 0.419. The fourth-order valence-corrected chi connectivity index (χ4v) is 2.99. The van der Waals surface area contributed by atoms with Crippen LogP contribution in [-0.4, -0.2) is 13.2 Å². The highest BCUT2D eigenvalue weighted by Crippen LogP contribution is 2.52. The van der Waals surface area contributed by atoms with Crippen molar-refractivity contribution in [1.29, 1.82) is 0 Å². The topological polar surface area (TPSA) is 35.2 Å². The number of rotatable bonds is 3. The van der Waals surface area contributed by atoms with E-state index >= 15 is 0 Å². The summed E-state index contributed by atoms with van der Waals surface area (Å²) in [5, 5.41) is 2.47. The molecule has 2 heteroatoms. The molecule has 0 saturated heterocycles. The molecule has 3 rings (SSSR count). The molecular weight excluding hydrogens is 222 g/mol. The van der Waals surface area contributed by atoms with Crippen molar-refractivity contribution in [2.75, 3.05) is 7.11 Å². The van der Waals surface area contributed by atoms with Gasteiger partial charge < -0.3 is 10.5 Å². The van der Waals surface area contributed by atoms with E-state index in [0.717, 1.165) is 5.75 Å². The van der Waals surface area contributed by atoms with Crippen molar-refractivity contribution in [2.45, 2.75) is 31.2 Å². The van der Waals surface area contributed by atoms with E-state index in [0.29, 0.717) is 0 Å². The van der Waals surface area contributed by atoms with Crippen molar-refractivity contribution in [3.8, 4) is 5.75 Å². The molecule has 0 spiro atoms. The number of ether oxygens (including phenoxy) is 1. The summed E-state index contributed by atoms with van der Waals surface area (Å²) in [5.74, 6) is 0.940. The Balaban J connectivity index is 2.26. The average Bonchev–Trinajstić information content (AvgIpc) is 3.19. The lowest BCUT2D eigenvalue weighted by Gasteiger charge is -2.22. The van der Waals surface area contributed by atoms with Crippen LogP contribution in [-0.2, 0) is 5.41 Å². The van der Waals surface area contributed by atoms with Gasteiger partial charge in [-0.25, -0.2) is 0 Å². The fraction of sp³-hybridized carbons (Fsp3) is 0.375. The summed E-state index contributed by atoms with van der Waals surface area (Å²) >= 11 is 0. The Morgan fingerprint density at radius 1 is 1.11 bits per heavy atom. The summed E-state index contributed by atoms with van der Waals surface area (Å²) in [6.45, 7) is 2.12. The van der Waals surface area contributed by atoms with Gasteiger partial charge in [-0.05, 0) is 36.8 Å². The maximum absolute atomic E-state index is 6.20. The molecule has 0 aliphatic heterocycles. The van der Waals surface area contributed by atoms with E-state index < -0.39 is 0 Å². The first-order valence-electron chi connectivity index (χ1n) is 6.51. The number of nitrogens with two attached hydrogens (primary N) is 1. The molecule has 1 fully saturated rings. The minimum absolute atomic E-state index is 0.186. The van der Waals surface area contributed by atoms with Gasteiger partial charge in [0, 0.05) is 16.8 Å². The van der Waals surface area contributed by atoms with E-state index in [1.807, 2.05) is 0 Å². The number of hydrogen-bond acceptors (Lipinski definition) is 2. The summed E-state index contributed by atoms with van der Waals surface area (Å²) in [6.07, 6.45) is 2.39. The molecule has 1 atom stereocenters. The summed E-state index contributed by atoms with van der Waals surface area (Å²) in [4.78, 5) is 0. The minimum Gasteiger partial charge on any atom is -0.496 e. The molecule has 1 aliphatic rings. The van der Waals surface area contributed by atoms with Crippen LogP contribution in [0, 0.1) is 0 Å². The monoisotopic (exact) mass is 241 g/mol. The quantitative estimate of drug-likeness (QED) is 0.895. The number of hydrogen-bond donors (Lipinski definition) is 1. The first-order chi connectivity index (χ1) is 8.69. The Hall–Kier alpha value is -1.54. The highest BCUT2D eigenvalue weighted by Gasteiger charge is 2.48. The first kappa shape index (κ1) is 11.5. The third kappa shape index (κ3) is 1.52. The summed E-state index contributed by atoms with van der Waals surface area (Å²) in [6, 6.07) is 12.9. The van der Waals surface area contributed by atoms with Gasteiger partial charge in [0.2, 0.25) is 0 Å². The van der Waals surface area contributed by atoms with E-state index in [1.165, 1.54) is 29.2 Å². The molecule has 1 aliphatic carbocycles. The normalized spacial score (nSPS) is 18.6. The van der Waals surface area contributed by atoms with Crippen LogP contribution in [0.4, 0.5) is 0 Å². The maximum Gasteiger partial charge on any atom is 0.126 e. The van der Waals surface area contributed by atoms with Crippen LogP contribution in [0.1, 0.15) is 25.3 Å². The molecule has 2 nitrogen and oxygen atoms in total. The van der Waals surface area contributed by atoms with E-state index in [1.54, 1.807) is 7.11 Å². The SMILES string of the molecule is COc1ccc(C2(C(C)N)CC2)c2ccccc12. The van der Waals surface area contributed by atoms with E-state index in [4.69, 9.17) is 10.5 Å². The number of methoxy groups -OCH3 is 1. The summed E-state index contributed by atoms with van der Waals surface area (Å²) in [7, 11) is 1.72. The predicted molar refractivity (Wildman–Crippen MR) is 75.1 cm³/mol. The molecule has 2 aromatic rings. The summed E-state index contributed by atoms with van der Waals surface area (Å²) < 4.78 is 5.44. The van der Waals surface area contributed by atoms with Gasteiger partial charge in [-0.2, -0.15) is 0 Å². The van der Waals surface area contributed by atoms with Gasteiger partial charge in [-0.1, -0.05) is 30.3 Å². The van der Waals surface area contributed by atoms with Crippen LogP contribution in [0.5, 0.6) is 5.75 Å². The van der Waals surface area contributed by atoms with Gasteiger partial charge >= 0.3 is 0 Å². The second kappa shape index (κ2) is 3.99. The molecule has 18 heavy (non-hydrogen) atoms. The van der Waals surface area contributed by atoms with Crippen molar-refractivity contribution < 1.29 is 4.74 Å². The molecule has 0 bridgehead atoms. The molecule has 2 aromatic carbocycles. The Morgan fingerprint density at radius 3 is 2.33 bits per heavy atom. The zero-order valence-corrected chi connectivity index (χ0v) is 10.9. The van der Waals surface area contributed by atoms with Crippen molar-refractivity contribution in [1.82, 2.24) is 0 Å². The van der Waals surface area contributed by atoms with Gasteiger partial charge in [0.05, 0.1) is 7.11 Å². The molecule has 0 radical (unpaired) electrons. The number of fused-ring (bicyclic) bond motifs is 1. The van der Waals surface area contributed by atoms with Crippen LogP contribution < -0.4 is 10.5 Å². The molecule has 1 saturated carbocycles. The van der Waals surface area contributed by atoms with E-state index in [-0.39, 0.29) is 11.5 Å². The lowest BCUT2D eigenvalue weighted by Crippen LogP contribution is -2.31. The molecule has 2 N–H and O–H groups in total. The van der Waals surface area contributed by atoms with Gasteiger partial charge in [0.15, 0.2) is 0 Å². The van der Waals surface area contributed by atoms with Gasteiger partial charge in [-0.15, -0.1) is 0 Å². The Morgan fingerprint density at radius 2 is 1.78 bits per heavy atom. The highest BCUT2D eigenvalue weighted by molar-refractivity contribution is 5.92. The van der Waals surface area contributed by atoms with Crippen LogP contribution in [0.2, 0.25) is 0 Å². The van der Waals surface area contributed by atoms with Crippen LogP contribution in [0.25, 0.3) is 10.8 Å². The van der Waals surface area contributed by atoms with Crippen molar-refractivity contribution in [3.63, 3.8) is 0 Å². The second-order valence-electron chi connectivity index (χ2n) is 5.31. The Labute approximate surface area is 108 Å². The van der Waals surface area contributed by atoms with Crippen molar-refractivity contribution in [3.05, 3.63) is 42.0 Å². The molecule has 0 aromatic heterocycles. The third-order valence-corrected chi connectivity index (χ3v) is 4.30. The second-order valence-corrected chi connectivity index (χ2v) is 5.31. The molecular formula is C16H19NO. The standard InChI is InChI=1S/C16H19NO/c1-11(17)16(9-10-16)14-7-8-15(18-2)13-6-4-3-5-12(13)14/h3-8,11H,9-10,17H2,1-2H3. The number of benzene rings is 2. The smallest absolute Gasteiger partial charge is 0.126 e. The highest BCUT2D eigenvalue weighted by atomic mass is 16.5. The minimum atomic E-state index is 0.186. The van der Waals surface area contributed by atoms with Crippen LogP contribution in [0.15, 0.2) is 36.4 Å². The maximum atomic E-state index is 6.20. The van der Waals surface area contributed by atoms with Gasteiger partial charge in [0.25, 0.3) is 0 Å². The summed E-state index contributed by atoms with van der Waals surface area (Å²) in [5.41, 5.74) is 7.76. The fourth-order valence-electron chi connectivity index (χ4n) is 2.99. The zero-order chi connectivity index (χ0) is 12.8. The van der Waals surface area contributed by atoms with Gasteiger partial charge in [-0.3, -0.25) is 0 Å². The molecule has 0 heterocycles. The molecule has 94 valence electrons. The van der Waals surface area contributed by atoms with Crippen LogP contribution >= 0.6 is 0 Å². The van der Waals surface area contributed by atoms with E-state index in [2.05, 4.69) is 43.3 Å². The van der Waals surface area contributed by atoms with Crippen molar-refractivity contribution >= 4 is 10.8 Å². The Kier molecular flexibility index (Phi) is 2.56.